The molecular formula is C17H13NO3. The molecule has 4 heteroatoms. The molecule has 1 saturated heterocycles. The zero-order valence-electron chi connectivity index (χ0n) is 11.3. The zero-order valence-corrected chi connectivity index (χ0v) is 11.3. The third-order valence-electron chi connectivity index (χ3n) is 3.30. The first-order chi connectivity index (χ1) is 10.3. The fraction of sp³-hybridized carbons (Fsp3) is 0.176. The standard InChI is InChI=1S/C17H13NO3/c18-11-12-3-1-4-13(9-12)16(19)14-5-2-6-15(10-14)17-20-7-8-21-17/h1-6,9-10,17H,7-8H2. The van der Waals surface area contributed by atoms with Crippen LogP contribution in [0, 0.1) is 11.3 Å². The van der Waals surface area contributed by atoms with Crippen molar-refractivity contribution in [3.8, 4) is 6.07 Å². The van der Waals surface area contributed by atoms with E-state index in [-0.39, 0.29) is 5.78 Å². The predicted molar refractivity (Wildman–Crippen MR) is 75.7 cm³/mol. The van der Waals surface area contributed by atoms with Crippen LogP contribution in [0.1, 0.15) is 33.3 Å². The Hall–Kier alpha value is -2.48. The van der Waals surface area contributed by atoms with Gasteiger partial charge in [-0.25, -0.2) is 0 Å². The van der Waals surface area contributed by atoms with Gasteiger partial charge in [-0.1, -0.05) is 30.3 Å². The number of ether oxygens (including phenoxy) is 2. The second kappa shape index (κ2) is 5.88. The summed E-state index contributed by atoms with van der Waals surface area (Å²) >= 11 is 0. The summed E-state index contributed by atoms with van der Waals surface area (Å²) in [5, 5.41) is 8.91. The van der Waals surface area contributed by atoms with Gasteiger partial charge in [0.1, 0.15) is 0 Å². The SMILES string of the molecule is N#Cc1cccc(C(=O)c2cccc(C3OCCO3)c2)c1. The normalized spacial score (nSPS) is 14.8. The minimum atomic E-state index is -0.400. The molecule has 0 spiro atoms. The van der Waals surface area contributed by atoms with Crippen LogP contribution in [0.25, 0.3) is 0 Å². The highest BCUT2D eigenvalue weighted by Gasteiger charge is 2.19. The lowest BCUT2D eigenvalue weighted by Gasteiger charge is -2.10. The lowest BCUT2D eigenvalue weighted by Crippen LogP contribution is -2.04. The summed E-state index contributed by atoms with van der Waals surface area (Å²) in [6.45, 7) is 1.13. The van der Waals surface area contributed by atoms with Crippen molar-refractivity contribution >= 4 is 5.78 Å². The van der Waals surface area contributed by atoms with Gasteiger partial charge in [0.05, 0.1) is 24.8 Å². The smallest absolute Gasteiger partial charge is 0.193 e. The van der Waals surface area contributed by atoms with Crippen molar-refractivity contribution in [1.82, 2.24) is 0 Å². The lowest BCUT2D eigenvalue weighted by atomic mass is 10.00. The Labute approximate surface area is 122 Å². The molecule has 1 heterocycles. The van der Waals surface area contributed by atoms with Crippen molar-refractivity contribution < 1.29 is 14.3 Å². The summed E-state index contributed by atoms with van der Waals surface area (Å²) in [4.78, 5) is 12.5. The summed E-state index contributed by atoms with van der Waals surface area (Å²) in [5.41, 5.74) is 2.36. The maximum absolute atomic E-state index is 12.5. The van der Waals surface area contributed by atoms with E-state index in [1.807, 2.05) is 18.2 Å². The number of carbonyl (C=O) groups is 1. The van der Waals surface area contributed by atoms with E-state index < -0.39 is 6.29 Å². The average molecular weight is 279 g/mol. The molecule has 0 radical (unpaired) electrons. The van der Waals surface area contributed by atoms with Gasteiger partial charge in [-0.3, -0.25) is 4.79 Å². The lowest BCUT2D eigenvalue weighted by molar-refractivity contribution is -0.0441. The Morgan fingerprint density at radius 3 is 2.43 bits per heavy atom. The van der Waals surface area contributed by atoms with Crippen molar-refractivity contribution in [2.75, 3.05) is 13.2 Å². The topological polar surface area (TPSA) is 59.3 Å². The van der Waals surface area contributed by atoms with E-state index in [0.717, 1.165) is 5.56 Å². The van der Waals surface area contributed by atoms with Crippen LogP contribution in [0.4, 0.5) is 0 Å². The maximum atomic E-state index is 12.5. The van der Waals surface area contributed by atoms with Crippen LogP contribution in [0.2, 0.25) is 0 Å². The van der Waals surface area contributed by atoms with Gasteiger partial charge in [0.15, 0.2) is 12.1 Å². The summed E-state index contributed by atoms with van der Waals surface area (Å²) in [6, 6.07) is 15.9. The second-order valence-electron chi connectivity index (χ2n) is 4.72. The highest BCUT2D eigenvalue weighted by atomic mass is 16.7. The molecule has 0 atom stereocenters. The molecule has 1 fully saturated rings. The molecule has 21 heavy (non-hydrogen) atoms. The van der Waals surface area contributed by atoms with Crippen LogP contribution < -0.4 is 0 Å². The maximum Gasteiger partial charge on any atom is 0.193 e. The van der Waals surface area contributed by atoms with Crippen LogP contribution in [-0.2, 0) is 9.47 Å². The summed E-state index contributed by atoms with van der Waals surface area (Å²) < 4.78 is 10.9. The zero-order chi connectivity index (χ0) is 14.7. The fourth-order valence-electron chi connectivity index (χ4n) is 2.27. The molecule has 0 aromatic heterocycles. The fourth-order valence-corrected chi connectivity index (χ4v) is 2.27. The van der Waals surface area contributed by atoms with Gasteiger partial charge in [0.2, 0.25) is 0 Å². The third-order valence-corrected chi connectivity index (χ3v) is 3.30. The van der Waals surface area contributed by atoms with Gasteiger partial charge >= 0.3 is 0 Å². The molecule has 104 valence electrons. The number of hydrogen-bond donors (Lipinski definition) is 0. The highest BCUT2D eigenvalue weighted by Crippen LogP contribution is 2.24. The first kappa shape index (κ1) is 13.5. The molecule has 0 saturated carbocycles. The molecule has 0 bridgehead atoms. The quantitative estimate of drug-likeness (QED) is 0.811. The van der Waals surface area contributed by atoms with Gasteiger partial charge in [-0.15, -0.1) is 0 Å². The Morgan fingerprint density at radius 1 is 1.05 bits per heavy atom. The molecule has 1 aliphatic rings. The van der Waals surface area contributed by atoms with Crippen molar-refractivity contribution in [2.45, 2.75) is 6.29 Å². The van der Waals surface area contributed by atoms with E-state index in [0.29, 0.717) is 29.9 Å². The van der Waals surface area contributed by atoms with E-state index >= 15 is 0 Å². The van der Waals surface area contributed by atoms with Crippen molar-refractivity contribution in [1.29, 1.82) is 5.26 Å². The number of ketones is 1. The number of rotatable bonds is 3. The van der Waals surface area contributed by atoms with Crippen LogP contribution in [0.15, 0.2) is 48.5 Å². The summed E-state index contributed by atoms with van der Waals surface area (Å²) in [5.74, 6) is -0.119. The van der Waals surface area contributed by atoms with Crippen LogP contribution in [0.5, 0.6) is 0 Å². The van der Waals surface area contributed by atoms with Gasteiger partial charge < -0.3 is 9.47 Å². The Kier molecular flexibility index (Phi) is 3.78. The van der Waals surface area contributed by atoms with Crippen molar-refractivity contribution in [3.05, 3.63) is 70.8 Å². The second-order valence-corrected chi connectivity index (χ2v) is 4.72. The van der Waals surface area contributed by atoms with Crippen LogP contribution in [0.3, 0.4) is 0 Å². The van der Waals surface area contributed by atoms with Gasteiger partial charge in [0.25, 0.3) is 0 Å². The molecule has 0 N–H and O–H groups in total. The monoisotopic (exact) mass is 279 g/mol. The molecule has 0 unspecified atom stereocenters. The number of hydrogen-bond acceptors (Lipinski definition) is 4. The molecule has 3 rings (SSSR count). The van der Waals surface area contributed by atoms with E-state index in [1.54, 1.807) is 36.4 Å². The largest absolute Gasteiger partial charge is 0.346 e. The molecule has 2 aromatic carbocycles. The Bertz CT molecular complexity index is 712. The molecule has 0 amide bonds. The first-order valence-corrected chi connectivity index (χ1v) is 6.66. The van der Waals surface area contributed by atoms with E-state index in [2.05, 4.69) is 0 Å². The molecule has 0 aliphatic carbocycles. The van der Waals surface area contributed by atoms with E-state index in [4.69, 9.17) is 14.7 Å². The van der Waals surface area contributed by atoms with E-state index in [9.17, 15) is 4.79 Å². The first-order valence-electron chi connectivity index (χ1n) is 6.66. The number of nitrogens with zero attached hydrogens (tertiary/aromatic N) is 1. The molecule has 1 aliphatic heterocycles. The van der Waals surface area contributed by atoms with E-state index in [1.165, 1.54) is 0 Å². The summed E-state index contributed by atoms with van der Waals surface area (Å²) in [6.07, 6.45) is -0.400. The van der Waals surface area contributed by atoms with Crippen LogP contribution >= 0.6 is 0 Å². The van der Waals surface area contributed by atoms with Crippen molar-refractivity contribution in [2.24, 2.45) is 0 Å². The molecule has 2 aromatic rings. The minimum absolute atomic E-state index is 0.119. The number of benzene rings is 2. The van der Waals surface area contributed by atoms with Crippen LogP contribution in [-0.4, -0.2) is 19.0 Å². The average Bonchev–Trinajstić information content (AvgIpc) is 3.09. The molecular weight excluding hydrogens is 266 g/mol. The van der Waals surface area contributed by atoms with Gasteiger partial charge in [-0.2, -0.15) is 5.26 Å². The third kappa shape index (κ3) is 2.84. The van der Waals surface area contributed by atoms with Crippen molar-refractivity contribution in [3.63, 3.8) is 0 Å². The molecule has 4 nitrogen and oxygen atoms in total. The Balaban J connectivity index is 1.90. The summed E-state index contributed by atoms with van der Waals surface area (Å²) in [7, 11) is 0. The number of carbonyl (C=O) groups excluding carboxylic acids is 1. The predicted octanol–water partition coefficient (Wildman–Crippen LogP) is 2.83. The Morgan fingerprint density at radius 2 is 1.71 bits per heavy atom. The van der Waals surface area contributed by atoms with Gasteiger partial charge in [0, 0.05) is 16.7 Å². The van der Waals surface area contributed by atoms with Gasteiger partial charge in [-0.05, 0) is 18.2 Å². The highest BCUT2D eigenvalue weighted by molar-refractivity contribution is 6.09. The minimum Gasteiger partial charge on any atom is -0.346 e. The number of nitriles is 1.